The number of carbonyl (C=O) groups is 3. The van der Waals surface area contributed by atoms with Crippen LogP contribution < -0.4 is 14.8 Å². The van der Waals surface area contributed by atoms with Crippen LogP contribution in [0.25, 0.3) is 0 Å². The molecule has 1 aromatic rings. The van der Waals surface area contributed by atoms with Crippen molar-refractivity contribution in [3.63, 3.8) is 0 Å². The first kappa shape index (κ1) is 24.8. The number of imide groups is 1. The number of nitrogens with zero attached hydrogens (tertiary/aromatic N) is 2. The summed E-state index contributed by atoms with van der Waals surface area (Å²) < 4.78 is 34.4. The smallest absolute Gasteiger partial charge is 0.325 e. The van der Waals surface area contributed by atoms with E-state index < -0.39 is 45.8 Å². The number of urea groups is 1. The van der Waals surface area contributed by atoms with Gasteiger partial charge in [-0.05, 0) is 37.0 Å². The third-order valence-electron chi connectivity index (χ3n) is 6.06. The Morgan fingerprint density at radius 1 is 1.24 bits per heavy atom. The summed E-state index contributed by atoms with van der Waals surface area (Å²) >= 11 is 0. The zero-order valence-electron chi connectivity index (χ0n) is 19.6. The SMILES string of the molecule is COc1ccc([C@@]2(C)NC(=O)N(CC(=O)N(CC(C)C)[C@@H]3CCS(=O)(=O)C3)C2=O)cc1OC. The number of hydrogen-bond donors (Lipinski definition) is 1. The fraction of sp³-hybridized carbons (Fsp3) is 0.591. The highest BCUT2D eigenvalue weighted by Gasteiger charge is 2.50. The van der Waals surface area contributed by atoms with Gasteiger partial charge in [-0.2, -0.15) is 0 Å². The summed E-state index contributed by atoms with van der Waals surface area (Å²) in [5, 5.41) is 2.68. The number of amides is 4. The molecule has 4 amide bonds. The van der Waals surface area contributed by atoms with Crippen LogP contribution in [0.2, 0.25) is 0 Å². The molecule has 1 aromatic carbocycles. The van der Waals surface area contributed by atoms with E-state index in [9.17, 15) is 22.8 Å². The molecule has 2 aliphatic rings. The van der Waals surface area contributed by atoms with Crippen LogP contribution in [0.5, 0.6) is 11.5 Å². The van der Waals surface area contributed by atoms with Crippen LogP contribution in [-0.2, 0) is 25.0 Å². The zero-order valence-corrected chi connectivity index (χ0v) is 20.4. The summed E-state index contributed by atoms with van der Waals surface area (Å²) in [7, 11) is -0.239. The Morgan fingerprint density at radius 3 is 2.45 bits per heavy atom. The molecule has 0 bridgehead atoms. The molecule has 0 radical (unpaired) electrons. The van der Waals surface area contributed by atoms with E-state index in [1.807, 2.05) is 13.8 Å². The van der Waals surface area contributed by atoms with Crippen LogP contribution in [0.15, 0.2) is 18.2 Å². The van der Waals surface area contributed by atoms with Crippen LogP contribution in [0.1, 0.15) is 32.8 Å². The molecule has 11 heteroatoms. The predicted molar refractivity (Wildman–Crippen MR) is 121 cm³/mol. The molecule has 2 saturated heterocycles. The Labute approximate surface area is 194 Å². The highest BCUT2D eigenvalue weighted by Crippen LogP contribution is 2.35. The Hall–Kier alpha value is -2.82. The van der Waals surface area contributed by atoms with Crippen molar-refractivity contribution >= 4 is 27.7 Å². The molecule has 0 aliphatic carbocycles. The summed E-state index contributed by atoms with van der Waals surface area (Å²) in [4.78, 5) is 41.6. The lowest BCUT2D eigenvalue weighted by Crippen LogP contribution is -2.49. The molecule has 10 nitrogen and oxygen atoms in total. The van der Waals surface area contributed by atoms with Crippen molar-refractivity contribution in [1.82, 2.24) is 15.1 Å². The van der Waals surface area contributed by atoms with Crippen molar-refractivity contribution in [2.24, 2.45) is 5.92 Å². The van der Waals surface area contributed by atoms with Gasteiger partial charge in [-0.1, -0.05) is 19.9 Å². The first-order valence-electron chi connectivity index (χ1n) is 10.8. The number of benzene rings is 1. The standard InChI is InChI=1S/C22H31N3O7S/c1-14(2)11-24(16-8-9-33(29,30)13-16)19(26)12-25-20(27)22(3,23-21(25)28)15-6-7-17(31-4)18(10-15)32-5/h6-7,10,14,16H,8-9,11-13H2,1-5H3,(H,23,28)/t16-,22-/m1/s1. The van der Waals surface area contributed by atoms with Crippen molar-refractivity contribution in [2.45, 2.75) is 38.8 Å². The minimum atomic E-state index is -3.20. The normalized spacial score (nSPS) is 24.2. The fourth-order valence-corrected chi connectivity index (χ4v) is 6.01. The van der Waals surface area contributed by atoms with Gasteiger partial charge in [0.25, 0.3) is 5.91 Å². The van der Waals surface area contributed by atoms with Gasteiger partial charge in [-0.3, -0.25) is 14.5 Å². The van der Waals surface area contributed by atoms with Crippen LogP contribution in [0, 0.1) is 5.92 Å². The van der Waals surface area contributed by atoms with Crippen molar-refractivity contribution < 1.29 is 32.3 Å². The van der Waals surface area contributed by atoms with Gasteiger partial charge in [-0.15, -0.1) is 0 Å². The first-order chi connectivity index (χ1) is 15.4. The minimum Gasteiger partial charge on any atom is -0.493 e. The summed E-state index contributed by atoms with van der Waals surface area (Å²) in [6.07, 6.45) is 0.351. The quantitative estimate of drug-likeness (QED) is 0.553. The van der Waals surface area contributed by atoms with Gasteiger partial charge >= 0.3 is 6.03 Å². The van der Waals surface area contributed by atoms with E-state index in [1.165, 1.54) is 19.1 Å². The van der Waals surface area contributed by atoms with Gasteiger partial charge in [0.2, 0.25) is 5.91 Å². The molecule has 2 aliphatic heterocycles. The highest BCUT2D eigenvalue weighted by molar-refractivity contribution is 7.91. The van der Waals surface area contributed by atoms with Crippen molar-refractivity contribution in [1.29, 1.82) is 0 Å². The second-order valence-corrected chi connectivity index (χ2v) is 11.2. The molecule has 33 heavy (non-hydrogen) atoms. The van der Waals surface area contributed by atoms with Crippen LogP contribution in [0.4, 0.5) is 4.79 Å². The average Bonchev–Trinajstić information content (AvgIpc) is 3.22. The molecule has 0 spiro atoms. The van der Waals surface area contributed by atoms with Gasteiger partial charge < -0.3 is 19.7 Å². The zero-order chi connectivity index (χ0) is 24.6. The third kappa shape index (κ3) is 4.92. The van der Waals surface area contributed by atoms with E-state index in [0.29, 0.717) is 30.0 Å². The Bertz CT molecular complexity index is 1060. The molecule has 2 fully saturated rings. The molecule has 2 heterocycles. The van der Waals surface area contributed by atoms with Gasteiger partial charge in [-0.25, -0.2) is 13.2 Å². The van der Waals surface area contributed by atoms with E-state index in [1.54, 1.807) is 25.1 Å². The van der Waals surface area contributed by atoms with Crippen molar-refractivity contribution in [3.05, 3.63) is 23.8 Å². The maximum absolute atomic E-state index is 13.3. The van der Waals surface area contributed by atoms with Crippen LogP contribution in [-0.4, -0.2) is 80.9 Å². The maximum atomic E-state index is 13.3. The molecule has 0 aromatic heterocycles. The summed E-state index contributed by atoms with van der Waals surface area (Å²) in [6, 6.07) is 3.75. The monoisotopic (exact) mass is 481 g/mol. The second-order valence-electron chi connectivity index (χ2n) is 9.01. The number of sulfone groups is 1. The number of nitrogens with one attached hydrogen (secondary N) is 1. The number of carbonyl (C=O) groups excluding carboxylic acids is 3. The summed E-state index contributed by atoms with van der Waals surface area (Å²) in [5.41, 5.74) is -0.911. The molecular formula is C22H31N3O7S. The van der Waals surface area contributed by atoms with Gasteiger partial charge in [0.1, 0.15) is 12.1 Å². The highest BCUT2D eigenvalue weighted by atomic mass is 32.2. The van der Waals surface area contributed by atoms with Crippen molar-refractivity contribution in [3.8, 4) is 11.5 Å². The number of ether oxygens (including phenoxy) is 2. The van der Waals surface area contributed by atoms with E-state index in [4.69, 9.17) is 9.47 Å². The average molecular weight is 482 g/mol. The second kappa shape index (κ2) is 9.20. The van der Waals surface area contributed by atoms with Gasteiger partial charge in [0.05, 0.1) is 25.7 Å². The molecule has 1 N–H and O–H groups in total. The van der Waals surface area contributed by atoms with E-state index in [2.05, 4.69) is 5.32 Å². The minimum absolute atomic E-state index is 0.0278. The summed E-state index contributed by atoms with van der Waals surface area (Å²) in [5.74, 6) is -0.127. The molecule has 0 unspecified atom stereocenters. The first-order valence-corrected chi connectivity index (χ1v) is 12.6. The number of hydrogen-bond acceptors (Lipinski definition) is 7. The molecule has 182 valence electrons. The molecular weight excluding hydrogens is 450 g/mol. The Morgan fingerprint density at radius 2 is 1.91 bits per heavy atom. The topological polar surface area (TPSA) is 122 Å². The van der Waals surface area contributed by atoms with E-state index >= 15 is 0 Å². The maximum Gasteiger partial charge on any atom is 0.325 e. The van der Waals surface area contributed by atoms with E-state index in [-0.39, 0.29) is 17.4 Å². The lowest BCUT2D eigenvalue weighted by atomic mass is 9.91. The third-order valence-corrected chi connectivity index (χ3v) is 7.81. The predicted octanol–water partition coefficient (Wildman–Crippen LogP) is 1.14. The largest absolute Gasteiger partial charge is 0.493 e. The van der Waals surface area contributed by atoms with Crippen LogP contribution in [0.3, 0.4) is 0 Å². The van der Waals surface area contributed by atoms with Crippen molar-refractivity contribution in [2.75, 3.05) is 38.8 Å². The lowest BCUT2D eigenvalue weighted by molar-refractivity contribution is -0.140. The lowest BCUT2D eigenvalue weighted by Gasteiger charge is -2.31. The van der Waals surface area contributed by atoms with Crippen LogP contribution >= 0.6 is 0 Å². The molecule has 2 atom stereocenters. The Kier molecular flexibility index (Phi) is 6.92. The molecule has 0 saturated carbocycles. The van der Waals surface area contributed by atoms with Gasteiger partial charge in [0, 0.05) is 12.6 Å². The van der Waals surface area contributed by atoms with Gasteiger partial charge in [0.15, 0.2) is 21.3 Å². The Balaban J connectivity index is 1.83. The number of methoxy groups -OCH3 is 2. The van der Waals surface area contributed by atoms with E-state index in [0.717, 1.165) is 4.90 Å². The fourth-order valence-electron chi connectivity index (χ4n) is 4.28. The summed E-state index contributed by atoms with van der Waals surface area (Å²) in [6.45, 7) is 5.29. The molecule has 3 rings (SSSR count). The number of rotatable bonds is 8.